The van der Waals surface area contributed by atoms with Gasteiger partial charge in [0.05, 0.1) is 10.2 Å². The van der Waals surface area contributed by atoms with Crippen LogP contribution in [0.25, 0.3) is 17.3 Å². The van der Waals surface area contributed by atoms with E-state index in [1.54, 1.807) is 26.8 Å². The molecule has 0 saturated carbocycles. The van der Waals surface area contributed by atoms with E-state index in [1.165, 1.54) is 40.2 Å². The summed E-state index contributed by atoms with van der Waals surface area (Å²) in [5.41, 5.74) is -0.812. The van der Waals surface area contributed by atoms with Crippen molar-refractivity contribution in [1.82, 2.24) is 4.57 Å². The number of benzene rings is 1. The lowest BCUT2D eigenvalue weighted by molar-refractivity contribution is -0.120. The zero-order valence-electron chi connectivity index (χ0n) is 15.5. The molecule has 0 bridgehead atoms. The predicted molar refractivity (Wildman–Crippen MR) is 110 cm³/mol. The topological polar surface area (TPSA) is 62.9 Å². The number of thiazole rings is 1. The summed E-state index contributed by atoms with van der Waals surface area (Å²) >= 11 is 2.57. The number of thiophene rings is 1. The van der Waals surface area contributed by atoms with Crippen molar-refractivity contribution in [2.75, 3.05) is 0 Å². The van der Waals surface area contributed by atoms with E-state index in [1.807, 2.05) is 23.6 Å². The van der Waals surface area contributed by atoms with Crippen LogP contribution in [-0.2, 0) is 4.79 Å². The van der Waals surface area contributed by atoms with Crippen molar-refractivity contribution >= 4 is 40.1 Å². The lowest BCUT2D eigenvalue weighted by Gasteiger charge is -2.15. The van der Waals surface area contributed by atoms with Crippen LogP contribution in [0.1, 0.15) is 25.6 Å². The summed E-state index contributed by atoms with van der Waals surface area (Å²) in [5.74, 6) is -0.788. The van der Waals surface area contributed by atoms with Crippen molar-refractivity contribution in [3.8, 4) is 11.8 Å². The first kappa shape index (κ1) is 19.9. The van der Waals surface area contributed by atoms with Gasteiger partial charge in [-0.2, -0.15) is 5.26 Å². The average Bonchev–Trinajstić information content (AvgIpc) is 3.25. The molecule has 0 saturated heterocycles. The molecule has 0 amide bonds. The highest BCUT2D eigenvalue weighted by atomic mass is 32.1. The highest BCUT2D eigenvalue weighted by Gasteiger charge is 2.27. The first-order chi connectivity index (χ1) is 13.2. The smallest absolute Gasteiger partial charge is 0.273 e. The third-order valence-corrected chi connectivity index (χ3v) is 5.87. The molecule has 4 nitrogen and oxygen atoms in total. The maximum Gasteiger partial charge on any atom is 0.273 e. The Bertz CT molecular complexity index is 1240. The minimum absolute atomic E-state index is 0.0789. The van der Waals surface area contributed by atoms with E-state index in [9.17, 15) is 19.2 Å². The fourth-order valence-corrected chi connectivity index (χ4v) is 4.37. The number of carbonyl (C=O) groups excluding carboxylic acids is 1. The Morgan fingerprint density at radius 1 is 1.21 bits per heavy atom. The van der Waals surface area contributed by atoms with Gasteiger partial charge in [0.1, 0.15) is 22.1 Å². The number of nitriles is 1. The van der Waals surface area contributed by atoms with Gasteiger partial charge < -0.3 is 0 Å². The first-order valence-electron chi connectivity index (χ1n) is 8.44. The van der Waals surface area contributed by atoms with Gasteiger partial charge in [0.2, 0.25) is 0 Å². The van der Waals surface area contributed by atoms with E-state index in [4.69, 9.17) is 0 Å². The lowest BCUT2D eigenvalue weighted by Crippen LogP contribution is -2.33. The summed E-state index contributed by atoms with van der Waals surface area (Å²) in [6, 6.07) is 11.1. The summed E-state index contributed by atoms with van der Waals surface area (Å²) in [5, 5.41) is 11.6. The Labute approximate surface area is 169 Å². The maximum absolute atomic E-state index is 13.4. The molecule has 0 aliphatic rings. The average molecular weight is 413 g/mol. The number of aromatic nitrogens is 1. The van der Waals surface area contributed by atoms with E-state index >= 15 is 0 Å². The van der Waals surface area contributed by atoms with Crippen LogP contribution >= 0.6 is 22.7 Å². The lowest BCUT2D eigenvalue weighted by atomic mass is 9.87. The number of nitrogens with zero attached hydrogens (tertiary/aromatic N) is 2. The summed E-state index contributed by atoms with van der Waals surface area (Å²) in [6.45, 7) is 5.16. The van der Waals surface area contributed by atoms with Crippen LogP contribution < -0.4 is 14.8 Å². The van der Waals surface area contributed by atoms with Gasteiger partial charge in [-0.25, -0.2) is 4.39 Å². The number of Topliss-reactive ketones (excluding diaryl/α,β-unsaturated/α-hetero) is 1. The van der Waals surface area contributed by atoms with Gasteiger partial charge in [-0.3, -0.25) is 14.2 Å². The van der Waals surface area contributed by atoms with Crippen LogP contribution in [0.5, 0.6) is 0 Å². The van der Waals surface area contributed by atoms with Crippen molar-refractivity contribution in [3.05, 3.63) is 72.0 Å². The molecule has 2 heterocycles. The highest BCUT2D eigenvalue weighted by Crippen LogP contribution is 2.20. The van der Waals surface area contributed by atoms with E-state index < -0.39 is 11.2 Å². The molecule has 0 N–H and O–H groups in total. The van der Waals surface area contributed by atoms with E-state index in [0.717, 1.165) is 16.2 Å². The van der Waals surface area contributed by atoms with Gasteiger partial charge in [-0.1, -0.05) is 26.8 Å². The summed E-state index contributed by atoms with van der Waals surface area (Å²) < 4.78 is 15.3. The van der Waals surface area contributed by atoms with Crippen LogP contribution in [0.3, 0.4) is 0 Å². The molecule has 142 valence electrons. The summed E-state index contributed by atoms with van der Waals surface area (Å²) in [7, 11) is 0. The van der Waals surface area contributed by atoms with Crippen LogP contribution in [0.4, 0.5) is 4.39 Å². The van der Waals surface area contributed by atoms with Gasteiger partial charge >= 0.3 is 0 Å². The molecule has 1 aromatic carbocycles. The van der Waals surface area contributed by atoms with Crippen LogP contribution in [0.15, 0.2) is 46.6 Å². The number of ketones is 1. The van der Waals surface area contributed by atoms with E-state index in [-0.39, 0.29) is 21.6 Å². The number of hydrogen-bond acceptors (Lipinski definition) is 5. The van der Waals surface area contributed by atoms with Gasteiger partial charge in [-0.15, -0.1) is 22.7 Å². The Kier molecular flexibility index (Phi) is 5.45. The van der Waals surface area contributed by atoms with Gasteiger partial charge in [0.15, 0.2) is 5.78 Å². The minimum atomic E-state index is -0.781. The van der Waals surface area contributed by atoms with E-state index in [2.05, 4.69) is 0 Å². The standard InChI is InChI=1S/C21H17FN2O2S2/c1-21(2,3)18(25)16(12-23)20-24(14-8-6-13(22)7-9-14)19(26)17(28-20)11-15-5-4-10-27-15/h4-11H,1-3H3. The fourth-order valence-electron chi connectivity index (χ4n) is 2.55. The van der Waals surface area contributed by atoms with Crippen molar-refractivity contribution in [1.29, 1.82) is 5.26 Å². The zero-order valence-corrected chi connectivity index (χ0v) is 17.2. The van der Waals surface area contributed by atoms with Crippen LogP contribution in [0, 0.1) is 22.6 Å². The second-order valence-electron chi connectivity index (χ2n) is 7.11. The van der Waals surface area contributed by atoms with Crippen LogP contribution in [0.2, 0.25) is 0 Å². The SMILES string of the molecule is CC(C)(C)C(=O)C(C#N)=c1sc(=Cc2cccs2)c(=O)n1-c1ccc(F)cc1. The molecule has 2 aromatic heterocycles. The van der Waals surface area contributed by atoms with Gasteiger partial charge in [0.25, 0.3) is 5.56 Å². The number of hydrogen-bond donors (Lipinski definition) is 0. The molecule has 0 aliphatic heterocycles. The molecule has 0 spiro atoms. The van der Waals surface area contributed by atoms with Gasteiger partial charge in [0, 0.05) is 10.3 Å². The van der Waals surface area contributed by atoms with Crippen molar-refractivity contribution < 1.29 is 9.18 Å². The Morgan fingerprint density at radius 3 is 2.43 bits per heavy atom. The van der Waals surface area contributed by atoms with Gasteiger partial charge in [-0.05, 0) is 41.8 Å². The number of carbonyl (C=O) groups is 1. The largest absolute Gasteiger partial charge is 0.293 e. The molecule has 28 heavy (non-hydrogen) atoms. The first-order valence-corrected chi connectivity index (χ1v) is 10.1. The van der Waals surface area contributed by atoms with Crippen molar-refractivity contribution in [2.45, 2.75) is 20.8 Å². The molecule has 0 aliphatic carbocycles. The molecule has 0 radical (unpaired) electrons. The Hall–Kier alpha value is -2.82. The molecule has 7 heteroatoms. The number of halogens is 1. The second kappa shape index (κ2) is 7.66. The zero-order chi connectivity index (χ0) is 20.5. The van der Waals surface area contributed by atoms with Crippen LogP contribution in [-0.4, -0.2) is 10.4 Å². The molecule has 3 rings (SSSR count). The molecule has 0 fully saturated rings. The Balaban J connectivity index is 2.43. The van der Waals surface area contributed by atoms with Crippen molar-refractivity contribution in [3.63, 3.8) is 0 Å². The molecule has 0 atom stereocenters. The minimum Gasteiger partial charge on any atom is -0.293 e. The second-order valence-corrected chi connectivity index (χ2v) is 9.12. The molecular weight excluding hydrogens is 395 g/mol. The normalized spacial score (nSPS) is 13.3. The van der Waals surface area contributed by atoms with E-state index in [0.29, 0.717) is 10.2 Å². The maximum atomic E-state index is 13.4. The van der Waals surface area contributed by atoms with Crippen molar-refractivity contribution in [2.24, 2.45) is 5.41 Å². The highest BCUT2D eigenvalue weighted by molar-refractivity contribution is 7.11. The Morgan fingerprint density at radius 2 is 1.89 bits per heavy atom. The molecule has 0 unspecified atom stereocenters. The monoisotopic (exact) mass is 412 g/mol. The third-order valence-electron chi connectivity index (χ3n) is 3.96. The summed E-state index contributed by atoms with van der Waals surface area (Å²) in [6.07, 6.45) is 1.73. The summed E-state index contributed by atoms with van der Waals surface area (Å²) in [4.78, 5) is 26.8. The third kappa shape index (κ3) is 3.88. The molecular formula is C21H17FN2O2S2. The quantitative estimate of drug-likeness (QED) is 0.664. The molecule has 3 aromatic rings. The fraction of sp³-hybridized carbons (Fsp3) is 0.190. The predicted octanol–water partition coefficient (Wildman–Crippen LogP) is 3.22. The number of rotatable bonds is 3.